The van der Waals surface area contributed by atoms with Gasteiger partial charge in [-0.15, -0.1) is 0 Å². The number of ether oxygens (including phenoxy) is 2. The minimum Gasteiger partial charge on any atom is -0.490 e. The second-order valence-electron chi connectivity index (χ2n) is 7.26. The van der Waals surface area contributed by atoms with Gasteiger partial charge < -0.3 is 20.1 Å². The quantitative estimate of drug-likeness (QED) is 0.794. The summed E-state index contributed by atoms with van der Waals surface area (Å²) in [6.45, 7) is 6.29. The van der Waals surface area contributed by atoms with Crippen molar-refractivity contribution >= 4 is 5.91 Å². The maximum Gasteiger partial charge on any atom is 0.254 e. The van der Waals surface area contributed by atoms with Crippen LogP contribution in [0.3, 0.4) is 0 Å². The van der Waals surface area contributed by atoms with Gasteiger partial charge >= 0.3 is 0 Å². The largest absolute Gasteiger partial charge is 0.490 e. The van der Waals surface area contributed by atoms with Gasteiger partial charge in [-0.1, -0.05) is 6.07 Å². The number of hydrogen-bond acceptors (Lipinski definition) is 5. The molecule has 0 saturated carbocycles. The molecule has 6 nitrogen and oxygen atoms in total. The van der Waals surface area contributed by atoms with Crippen molar-refractivity contribution in [2.45, 2.75) is 39.3 Å². The summed E-state index contributed by atoms with van der Waals surface area (Å²) in [6.07, 6.45) is 5.56. The van der Waals surface area contributed by atoms with Crippen LogP contribution in [0.4, 0.5) is 0 Å². The number of nitrogens with zero attached hydrogens (tertiary/aromatic N) is 2. The summed E-state index contributed by atoms with van der Waals surface area (Å²) in [5.74, 6) is 1.57. The fourth-order valence-corrected chi connectivity index (χ4v) is 3.48. The molecular weight excluding hydrogens is 354 g/mol. The van der Waals surface area contributed by atoms with Gasteiger partial charge in [-0.2, -0.15) is 0 Å². The highest BCUT2D eigenvalue weighted by atomic mass is 16.5. The zero-order valence-electron chi connectivity index (χ0n) is 16.6. The first-order valence-electron chi connectivity index (χ1n) is 9.92. The Morgan fingerprint density at radius 3 is 2.89 bits per heavy atom. The predicted molar refractivity (Wildman–Crippen MR) is 108 cm³/mol. The molecule has 3 rings (SSSR count). The number of aromatic nitrogens is 1. The van der Waals surface area contributed by atoms with Gasteiger partial charge in [0.1, 0.15) is 6.61 Å². The van der Waals surface area contributed by atoms with Crippen molar-refractivity contribution in [1.29, 1.82) is 0 Å². The molecule has 2 heterocycles. The van der Waals surface area contributed by atoms with E-state index in [1.807, 2.05) is 36.9 Å². The zero-order valence-corrected chi connectivity index (χ0v) is 16.6. The number of nitrogens with two attached hydrogens (primary N) is 1. The molecule has 2 atom stereocenters. The summed E-state index contributed by atoms with van der Waals surface area (Å²) in [7, 11) is 0. The molecule has 0 bridgehead atoms. The second-order valence-corrected chi connectivity index (χ2v) is 7.26. The van der Waals surface area contributed by atoms with Crippen molar-refractivity contribution in [3.8, 4) is 11.5 Å². The van der Waals surface area contributed by atoms with E-state index in [2.05, 4.69) is 4.98 Å². The Kier molecular flexibility index (Phi) is 6.87. The molecule has 2 aromatic rings. The Hall–Kier alpha value is -2.60. The molecule has 0 aliphatic carbocycles. The third-order valence-corrected chi connectivity index (χ3v) is 5.10. The molecule has 1 amide bonds. The van der Waals surface area contributed by atoms with Crippen LogP contribution in [-0.4, -0.2) is 41.5 Å². The van der Waals surface area contributed by atoms with E-state index in [9.17, 15) is 4.79 Å². The van der Waals surface area contributed by atoms with Crippen molar-refractivity contribution in [3.63, 3.8) is 0 Å². The van der Waals surface area contributed by atoms with E-state index >= 15 is 0 Å². The number of carbonyl (C=O) groups excluding carboxylic acids is 1. The van der Waals surface area contributed by atoms with E-state index in [0.29, 0.717) is 42.7 Å². The molecule has 2 unspecified atom stereocenters. The fraction of sp³-hybridized carbons (Fsp3) is 0.455. The Morgan fingerprint density at radius 2 is 2.18 bits per heavy atom. The number of rotatable bonds is 7. The lowest BCUT2D eigenvalue weighted by Crippen LogP contribution is -2.45. The van der Waals surface area contributed by atoms with Gasteiger partial charge in [0.2, 0.25) is 0 Å². The molecule has 1 fully saturated rings. The topological polar surface area (TPSA) is 77.7 Å². The Balaban J connectivity index is 1.73. The van der Waals surface area contributed by atoms with Crippen LogP contribution in [0.25, 0.3) is 0 Å². The maximum absolute atomic E-state index is 13.0. The zero-order chi connectivity index (χ0) is 19.9. The van der Waals surface area contributed by atoms with Crippen LogP contribution in [0.2, 0.25) is 0 Å². The van der Waals surface area contributed by atoms with Crippen LogP contribution >= 0.6 is 0 Å². The molecule has 28 heavy (non-hydrogen) atoms. The number of hydrogen-bond donors (Lipinski definition) is 1. The van der Waals surface area contributed by atoms with Crippen LogP contribution in [0.15, 0.2) is 42.7 Å². The monoisotopic (exact) mass is 383 g/mol. The summed E-state index contributed by atoms with van der Waals surface area (Å²) >= 11 is 0. The van der Waals surface area contributed by atoms with Crippen LogP contribution in [0, 0.1) is 5.92 Å². The molecule has 150 valence electrons. The van der Waals surface area contributed by atoms with Crippen molar-refractivity contribution in [3.05, 3.63) is 53.9 Å². The van der Waals surface area contributed by atoms with Gasteiger partial charge in [0, 0.05) is 42.7 Å². The van der Waals surface area contributed by atoms with Gasteiger partial charge in [-0.3, -0.25) is 9.78 Å². The molecule has 1 aliphatic heterocycles. The molecule has 1 saturated heterocycles. The standard InChI is InChI=1S/C22H29N3O3/c1-3-27-21-12-18(22(26)25-11-5-7-19(14-25)16(2)23)8-9-20(21)28-15-17-6-4-10-24-13-17/h4,6,8-10,12-13,16,19H,3,5,7,11,14-15,23H2,1-2H3. The van der Waals surface area contributed by atoms with Crippen molar-refractivity contribution in [2.24, 2.45) is 11.7 Å². The van der Waals surface area contributed by atoms with E-state index in [4.69, 9.17) is 15.2 Å². The number of likely N-dealkylation sites (tertiary alicyclic amines) is 1. The predicted octanol–water partition coefficient (Wildman–Crippen LogP) is 3.26. The fourth-order valence-electron chi connectivity index (χ4n) is 3.48. The summed E-state index contributed by atoms with van der Waals surface area (Å²) in [5, 5.41) is 0. The molecule has 1 aromatic heterocycles. The van der Waals surface area contributed by atoms with E-state index in [-0.39, 0.29) is 11.9 Å². The second kappa shape index (κ2) is 9.55. The average molecular weight is 383 g/mol. The van der Waals surface area contributed by atoms with Gasteiger partial charge in [0.25, 0.3) is 5.91 Å². The normalized spacial score (nSPS) is 17.8. The summed E-state index contributed by atoms with van der Waals surface area (Å²) in [6, 6.07) is 9.31. The van der Waals surface area contributed by atoms with E-state index < -0.39 is 0 Å². The number of benzene rings is 1. The molecular formula is C22H29N3O3. The highest BCUT2D eigenvalue weighted by Gasteiger charge is 2.27. The number of piperidine rings is 1. The number of pyridine rings is 1. The average Bonchev–Trinajstić information content (AvgIpc) is 2.73. The molecule has 2 N–H and O–H groups in total. The lowest BCUT2D eigenvalue weighted by molar-refractivity contribution is 0.0660. The van der Waals surface area contributed by atoms with Crippen LogP contribution in [0.1, 0.15) is 42.6 Å². The van der Waals surface area contributed by atoms with Gasteiger partial charge in [-0.05, 0) is 56.9 Å². The Labute approximate surface area is 166 Å². The minimum absolute atomic E-state index is 0.0186. The van der Waals surface area contributed by atoms with Gasteiger partial charge in [0.05, 0.1) is 6.61 Å². The minimum atomic E-state index is 0.0186. The van der Waals surface area contributed by atoms with Gasteiger partial charge in [-0.25, -0.2) is 0 Å². The highest BCUT2D eigenvalue weighted by Crippen LogP contribution is 2.30. The first-order chi connectivity index (χ1) is 13.6. The Morgan fingerprint density at radius 1 is 1.32 bits per heavy atom. The molecule has 1 aromatic carbocycles. The van der Waals surface area contributed by atoms with Gasteiger partial charge in [0.15, 0.2) is 11.5 Å². The molecule has 6 heteroatoms. The lowest BCUT2D eigenvalue weighted by Gasteiger charge is -2.34. The Bertz CT molecular complexity index is 780. The summed E-state index contributed by atoms with van der Waals surface area (Å²) in [4.78, 5) is 19.0. The maximum atomic E-state index is 13.0. The van der Waals surface area contributed by atoms with Crippen LogP contribution < -0.4 is 15.2 Å². The third kappa shape index (κ3) is 5.01. The first-order valence-corrected chi connectivity index (χ1v) is 9.92. The number of carbonyl (C=O) groups is 1. The molecule has 1 aliphatic rings. The first kappa shape index (κ1) is 20.1. The molecule has 0 radical (unpaired) electrons. The van der Waals surface area contributed by atoms with E-state index in [1.165, 1.54) is 0 Å². The van der Waals surface area contributed by atoms with Crippen molar-refractivity contribution < 1.29 is 14.3 Å². The van der Waals surface area contributed by atoms with Crippen molar-refractivity contribution in [2.75, 3.05) is 19.7 Å². The SMILES string of the molecule is CCOc1cc(C(=O)N2CCCC(C(C)N)C2)ccc1OCc1cccnc1. The third-order valence-electron chi connectivity index (χ3n) is 5.10. The number of amides is 1. The van der Waals surface area contributed by atoms with E-state index in [1.54, 1.807) is 24.5 Å². The van der Waals surface area contributed by atoms with E-state index in [0.717, 1.165) is 24.9 Å². The summed E-state index contributed by atoms with van der Waals surface area (Å²) in [5.41, 5.74) is 7.64. The van der Waals surface area contributed by atoms with Crippen molar-refractivity contribution in [1.82, 2.24) is 9.88 Å². The highest BCUT2D eigenvalue weighted by molar-refractivity contribution is 5.95. The molecule has 0 spiro atoms. The summed E-state index contributed by atoms with van der Waals surface area (Å²) < 4.78 is 11.6. The van der Waals surface area contributed by atoms with Crippen LogP contribution in [-0.2, 0) is 6.61 Å². The van der Waals surface area contributed by atoms with Crippen LogP contribution in [0.5, 0.6) is 11.5 Å². The smallest absolute Gasteiger partial charge is 0.254 e. The lowest BCUT2D eigenvalue weighted by atomic mass is 9.92.